The standard InChI is InChI=1S/C21H38O3S/c1-2-3-4-9-15-25-16-14-18-17(19-12-13-20(18)24-19)10-7-5-6-8-11-21(22)23/h17-20H,2-16H2,1H3,(H,22,23). The third kappa shape index (κ3) is 7.50. The van der Waals surface area contributed by atoms with Gasteiger partial charge in [-0.3, -0.25) is 4.79 Å². The van der Waals surface area contributed by atoms with Gasteiger partial charge in [0.05, 0.1) is 12.2 Å². The van der Waals surface area contributed by atoms with Crippen molar-refractivity contribution in [1.29, 1.82) is 0 Å². The van der Waals surface area contributed by atoms with Crippen LogP contribution in [0.1, 0.15) is 90.4 Å². The van der Waals surface area contributed by atoms with Crippen molar-refractivity contribution in [3.8, 4) is 0 Å². The Morgan fingerprint density at radius 3 is 2.32 bits per heavy atom. The van der Waals surface area contributed by atoms with Crippen LogP contribution < -0.4 is 0 Å². The van der Waals surface area contributed by atoms with Crippen molar-refractivity contribution in [1.82, 2.24) is 0 Å². The van der Waals surface area contributed by atoms with Crippen molar-refractivity contribution >= 4 is 17.7 Å². The maximum absolute atomic E-state index is 10.6. The maximum atomic E-state index is 10.6. The summed E-state index contributed by atoms with van der Waals surface area (Å²) in [6.07, 6.45) is 16.4. The van der Waals surface area contributed by atoms with E-state index in [9.17, 15) is 4.79 Å². The molecular weight excluding hydrogens is 332 g/mol. The first-order valence-electron chi connectivity index (χ1n) is 10.7. The minimum absolute atomic E-state index is 0.329. The van der Waals surface area contributed by atoms with Crippen LogP contribution in [0.5, 0.6) is 0 Å². The Bertz CT molecular complexity index is 374. The van der Waals surface area contributed by atoms with Crippen LogP contribution in [0.25, 0.3) is 0 Å². The lowest BCUT2D eigenvalue weighted by Gasteiger charge is -2.28. The highest BCUT2D eigenvalue weighted by atomic mass is 32.2. The van der Waals surface area contributed by atoms with Crippen LogP contribution in [0.3, 0.4) is 0 Å². The summed E-state index contributed by atoms with van der Waals surface area (Å²) >= 11 is 2.15. The zero-order valence-corrected chi connectivity index (χ0v) is 16.9. The molecule has 0 aromatic heterocycles. The van der Waals surface area contributed by atoms with Crippen LogP contribution in [0.2, 0.25) is 0 Å². The summed E-state index contributed by atoms with van der Waals surface area (Å²) in [7, 11) is 0. The van der Waals surface area contributed by atoms with Crippen LogP contribution in [0, 0.1) is 11.8 Å². The number of hydrogen-bond donors (Lipinski definition) is 1. The molecule has 2 aliphatic rings. The number of ether oxygens (including phenoxy) is 1. The van der Waals surface area contributed by atoms with Crippen molar-refractivity contribution < 1.29 is 14.6 Å². The average Bonchev–Trinajstić information content (AvgIpc) is 3.19. The van der Waals surface area contributed by atoms with Gasteiger partial charge in [-0.05, 0) is 61.9 Å². The van der Waals surface area contributed by atoms with Gasteiger partial charge in [0.2, 0.25) is 0 Å². The largest absolute Gasteiger partial charge is 0.481 e. The monoisotopic (exact) mass is 370 g/mol. The Hall–Kier alpha value is -0.220. The van der Waals surface area contributed by atoms with Crippen LogP contribution in [0.4, 0.5) is 0 Å². The molecule has 4 unspecified atom stereocenters. The molecule has 146 valence electrons. The van der Waals surface area contributed by atoms with E-state index in [2.05, 4.69) is 18.7 Å². The zero-order valence-electron chi connectivity index (χ0n) is 16.1. The minimum Gasteiger partial charge on any atom is -0.481 e. The second-order valence-corrected chi connectivity index (χ2v) is 9.15. The van der Waals surface area contributed by atoms with Gasteiger partial charge in [0.1, 0.15) is 0 Å². The molecule has 2 aliphatic heterocycles. The van der Waals surface area contributed by atoms with Crippen molar-refractivity contribution in [2.75, 3.05) is 11.5 Å². The molecule has 1 N–H and O–H groups in total. The summed E-state index contributed by atoms with van der Waals surface area (Å²) < 4.78 is 6.23. The van der Waals surface area contributed by atoms with Gasteiger partial charge in [0.25, 0.3) is 0 Å². The lowest BCUT2D eigenvalue weighted by Crippen LogP contribution is -2.27. The minimum atomic E-state index is -0.659. The molecule has 0 aromatic carbocycles. The molecule has 0 aromatic rings. The first kappa shape index (κ1) is 21.1. The fourth-order valence-corrected chi connectivity index (χ4v) is 5.68. The van der Waals surface area contributed by atoms with E-state index < -0.39 is 5.97 Å². The number of aliphatic carboxylic acids is 1. The van der Waals surface area contributed by atoms with Crippen LogP contribution in [-0.2, 0) is 9.53 Å². The van der Waals surface area contributed by atoms with Gasteiger partial charge in [0, 0.05) is 6.42 Å². The smallest absolute Gasteiger partial charge is 0.303 e. The lowest BCUT2D eigenvalue weighted by atomic mass is 9.75. The summed E-state index contributed by atoms with van der Waals surface area (Å²) in [5, 5.41) is 8.69. The molecule has 4 heteroatoms. The number of fused-ring (bicyclic) bond motifs is 2. The van der Waals surface area contributed by atoms with Gasteiger partial charge >= 0.3 is 5.97 Å². The molecule has 2 fully saturated rings. The molecule has 0 spiro atoms. The predicted molar refractivity (Wildman–Crippen MR) is 106 cm³/mol. The second kappa shape index (κ2) is 12.2. The SMILES string of the molecule is CCCCCCSCCC1C2CCC(O2)C1CCCCCCC(=O)O. The summed E-state index contributed by atoms with van der Waals surface area (Å²) in [6, 6.07) is 0. The van der Waals surface area contributed by atoms with Gasteiger partial charge in [-0.25, -0.2) is 0 Å². The predicted octanol–water partition coefficient (Wildman–Crippen LogP) is 5.91. The zero-order chi connectivity index (χ0) is 17.9. The van der Waals surface area contributed by atoms with Crippen molar-refractivity contribution in [2.45, 2.75) is 103 Å². The van der Waals surface area contributed by atoms with Gasteiger partial charge in [-0.1, -0.05) is 45.4 Å². The van der Waals surface area contributed by atoms with Crippen LogP contribution >= 0.6 is 11.8 Å². The van der Waals surface area contributed by atoms with Crippen LogP contribution in [-0.4, -0.2) is 34.8 Å². The molecule has 2 rings (SSSR count). The van der Waals surface area contributed by atoms with E-state index in [0.717, 1.165) is 24.7 Å². The topological polar surface area (TPSA) is 46.5 Å². The molecule has 4 atom stereocenters. The van der Waals surface area contributed by atoms with Crippen LogP contribution in [0.15, 0.2) is 0 Å². The summed E-state index contributed by atoms with van der Waals surface area (Å²) in [5.41, 5.74) is 0. The Balaban J connectivity index is 1.57. The fourth-order valence-electron chi connectivity index (χ4n) is 4.63. The van der Waals surface area contributed by atoms with E-state index in [0.29, 0.717) is 18.6 Å². The molecule has 3 nitrogen and oxygen atoms in total. The third-order valence-corrected chi connectivity index (χ3v) is 7.11. The quantitative estimate of drug-likeness (QED) is 0.364. The number of carboxylic acids is 1. The van der Waals surface area contributed by atoms with Crippen molar-refractivity contribution in [3.05, 3.63) is 0 Å². The molecule has 0 amide bonds. The van der Waals surface area contributed by atoms with E-state index in [1.54, 1.807) is 0 Å². The molecule has 2 saturated heterocycles. The van der Waals surface area contributed by atoms with E-state index in [4.69, 9.17) is 9.84 Å². The molecular formula is C21H38O3S. The molecule has 2 bridgehead atoms. The average molecular weight is 371 g/mol. The first-order valence-corrected chi connectivity index (χ1v) is 11.8. The number of carbonyl (C=O) groups is 1. The van der Waals surface area contributed by atoms with E-state index in [-0.39, 0.29) is 0 Å². The Labute approximate surface area is 158 Å². The highest BCUT2D eigenvalue weighted by Crippen LogP contribution is 2.47. The van der Waals surface area contributed by atoms with E-state index in [1.807, 2.05) is 0 Å². The number of hydrogen-bond acceptors (Lipinski definition) is 3. The lowest BCUT2D eigenvalue weighted by molar-refractivity contribution is -0.137. The normalized spacial score (nSPS) is 27.9. The van der Waals surface area contributed by atoms with Gasteiger partial charge in [0.15, 0.2) is 0 Å². The van der Waals surface area contributed by atoms with Gasteiger partial charge in [-0.2, -0.15) is 11.8 Å². The second-order valence-electron chi connectivity index (χ2n) is 7.93. The number of rotatable bonds is 15. The number of carboxylic acid groups (broad SMARTS) is 1. The Morgan fingerprint density at radius 1 is 0.920 bits per heavy atom. The molecule has 0 radical (unpaired) electrons. The Kier molecular flexibility index (Phi) is 10.3. The van der Waals surface area contributed by atoms with Crippen molar-refractivity contribution in [2.24, 2.45) is 11.8 Å². The maximum Gasteiger partial charge on any atom is 0.303 e. The third-order valence-electron chi connectivity index (χ3n) is 6.01. The number of unbranched alkanes of at least 4 members (excludes halogenated alkanes) is 6. The highest BCUT2D eigenvalue weighted by molar-refractivity contribution is 7.99. The molecule has 25 heavy (non-hydrogen) atoms. The molecule has 0 saturated carbocycles. The van der Waals surface area contributed by atoms with E-state index >= 15 is 0 Å². The van der Waals surface area contributed by atoms with Gasteiger partial charge in [-0.15, -0.1) is 0 Å². The Morgan fingerprint density at radius 2 is 1.60 bits per heavy atom. The summed E-state index contributed by atoms with van der Waals surface area (Å²) in [5.74, 6) is 3.54. The fraction of sp³-hybridized carbons (Fsp3) is 0.952. The van der Waals surface area contributed by atoms with Crippen molar-refractivity contribution in [3.63, 3.8) is 0 Å². The highest BCUT2D eigenvalue weighted by Gasteiger charge is 2.47. The van der Waals surface area contributed by atoms with Gasteiger partial charge < -0.3 is 9.84 Å². The van der Waals surface area contributed by atoms with E-state index in [1.165, 1.54) is 75.7 Å². The number of thioether (sulfide) groups is 1. The first-order chi connectivity index (χ1) is 12.2. The summed E-state index contributed by atoms with van der Waals surface area (Å²) in [4.78, 5) is 10.6. The molecule has 2 heterocycles. The molecule has 0 aliphatic carbocycles. The summed E-state index contributed by atoms with van der Waals surface area (Å²) in [6.45, 7) is 2.27.